The van der Waals surface area contributed by atoms with E-state index in [9.17, 15) is 0 Å². The Kier molecular flexibility index (Phi) is 11.3. The summed E-state index contributed by atoms with van der Waals surface area (Å²) in [5, 5.41) is 2.49. The van der Waals surface area contributed by atoms with Crippen molar-refractivity contribution >= 4 is 43.1 Å². The van der Waals surface area contributed by atoms with Gasteiger partial charge >= 0.3 is 27.7 Å². The zero-order chi connectivity index (χ0) is 29.1. The van der Waals surface area contributed by atoms with Crippen LogP contribution in [-0.2, 0) is 18.2 Å². The Labute approximate surface area is 262 Å². The van der Waals surface area contributed by atoms with E-state index in [-0.39, 0.29) is 7.43 Å². The third-order valence-corrected chi connectivity index (χ3v) is 7.77. The number of aliphatic imine (C=N–C) groups is 2. The second-order valence-corrected chi connectivity index (χ2v) is 11.8. The SMILES string of the molecule is CC(C)c1cccc(C(C)C)c1N=C1C(=Nc2c(C(C)C)cccc2C(C)C)c2cccc3cccc1c23.[CH3-].[Cl][Pd+]. The van der Waals surface area contributed by atoms with Crippen LogP contribution in [0, 0.1) is 7.43 Å². The van der Waals surface area contributed by atoms with Gasteiger partial charge in [-0.3, -0.25) is 0 Å². The van der Waals surface area contributed by atoms with Crippen molar-refractivity contribution in [2.75, 3.05) is 0 Å². The van der Waals surface area contributed by atoms with Gasteiger partial charge in [0.25, 0.3) is 0 Å². The fourth-order valence-electron chi connectivity index (χ4n) is 5.72. The fraction of sp³-hybridized carbons (Fsp3) is 0.324. The van der Waals surface area contributed by atoms with Crippen LogP contribution in [0.5, 0.6) is 0 Å². The van der Waals surface area contributed by atoms with Crippen molar-refractivity contribution < 1.29 is 18.2 Å². The van der Waals surface area contributed by atoms with Gasteiger partial charge in [-0.05, 0) is 51.3 Å². The molecular weight excluding hydrogens is 614 g/mol. The first-order valence-corrected chi connectivity index (χ1v) is 16.3. The molecule has 41 heavy (non-hydrogen) atoms. The molecule has 4 heteroatoms. The van der Waals surface area contributed by atoms with Crippen LogP contribution in [0.4, 0.5) is 11.4 Å². The Bertz CT molecular complexity index is 1410. The van der Waals surface area contributed by atoms with Crippen LogP contribution in [0.15, 0.2) is 82.8 Å². The van der Waals surface area contributed by atoms with E-state index in [1.807, 2.05) is 0 Å². The molecule has 0 fully saturated rings. The second-order valence-electron chi connectivity index (χ2n) is 11.8. The topological polar surface area (TPSA) is 24.7 Å². The van der Waals surface area contributed by atoms with Gasteiger partial charge in [0.2, 0.25) is 0 Å². The third-order valence-electron chi connectivity index (χ3n) is 7.77. The van der Waals surface area contributed by atoms with Gasteiger partial charge in [0.1, 0.15) is 0 Å². The van der Waals surface area contributed by atoms with Gasteiger partial charge in [-0.1, -0.05) is 128 Å². The minimum atomic E-state index is 0. The van der Waals surface area contributed by atoms with Crippen molar-refractivity contribution in [1.82, 2.24) is 0 Å². The molecule has 0 bridgehead atoms. The molecule has 0 N–H and O–H groups in total. The molecule has 4 aromatic rings. The maximum absolute atomic E-state index is 5.55. The van der Waals surface area contributed by atoms with Crippen LogP contribution in [0.2, 0.25) is 0 Å². The number of nitrogens with zero attached hydrogens (tertiary/aromatic N) is 2. The van der Waals surface area contributed by atoms with Crippen LogP contribution < -0.4 is 0 Å². The maximum atomic E-state index is 5.55. The number of halogens is 1. The van der Waals surface area contributed by atoms with Crippen molar-refractivity contribution in [3.8, 4) is 0 Å². The van der Waals surface area contributed by atoms with E-state index in [0.29, 0.717) is 23.7 Å². The van der Waals surface area contributed by atoms with E-state index in [1.165, 1.54) is 44.2 Å². The summed E-state index contributed by atoms with van der Waals surface area (Å²) in [6, 6.07) is 26.5. The first-order chi connectivity index (χ1) is 19.2. The van der Waals surface area contributed by atoms with E-state index in [1.54, 1.807) is 0 Å². The second kappa shape index (κ2) is 14.1. The first kappa shape index (κ1) is 32.9. The van der Waals surface area contributed by atoms with Crippen LogP contribution in [0.3, 0.4) is 0 Å². The molecule has 218 valence electrons. The fourth-order valence-corrected chi connectivity index (χ4v) is 5.72. The van der Waals surface area contributed by atoms with E-state index in [0.717, 1.165) is 22.8 Å². The van der Waals surface area contributed by atoms with Gasteiger partial charge < -0.3 is 7.43 Å². The minimum absolute atomic E-state index is 0. The molecule has 4 aromatic carbocycles. The zero-order valence-corrected chi connectivity index (χ0v) is 28.1. The number of rotatable bonds is 6. The van der Waals surface area contributed by atoms with Crippen LogP contribution in [-0.4, -0.2) is 11.4 Å². The van der Waals surface area contributed by atoms with Crippen LogP contribution >= 0.6 is 9.53 Å². The van der Waals surface area contributed by atoms with Gasteiger partial charge in [-0.15, -0.1) is 0 Å². The summed E-state index contributed by atoms with van der Waals surface area (Å²) in [6.45, 7) is 18.1. The molecular formula is C37H43ClN2Pd. The Morgan fingerprint density at radius 3 is 1.07 bits per heavy atom. The molecule has 0 radical (unpaired) electrons. The van der Waals surface area contributed by atoms with Gasteiger partial charge in [0.05, 0.1) is 22.8 Å². The van der Waals surface area contributed by atoms with Crippen molar-refractivity contribution in [3.05, 3.63) is 114 Å². The Morgan fingerprint density at radius 2 is 0.780 bits per heavy atom. The van der Waals surface area contributed by atoms with Gasteiger partial charge in [0.15, 0.2) is 0 Å². The molecule has 0 unspecified atom stereocenters. The van der Waals surface area contributed by atoms with Gasteiger partial charge in [-0.2, -0.15) is 0 Å². The molecule has 0 amide bonds. The normalized spacial score (nSPS) is 14.4. The summed E-state index contributed by atoms with van der Waals surface area (Å²) < 4.78 is 0. The number of benzene rings is 4. The van der Waals surface area contributed by atoms with Crippen LogP contribution in [0.25, 0.3) is 10.8 Å². The molecule has 0 atom stereocenters. The zero-order valence-electron chi connectivity index (χ0n) is 25.8. The molecule has 1 aliphatic rings. The predicted molar refractivity (Wildman–Crippen MR) is 178 cm³/mol. The Balaban J connectivity index is 0.00000151. The average Bonchev–Trinajstić information content (AvgIpc) is 3.23. The predicted octanol–water partition coefficient (Wildman–Crippen LogP) is 11.7. The summed E-state index contributed by atoms with van der Waals surface area (Å²) in [5.41, 5.74) is 11.7. The van der Waals surface area contributed by atoms with Crippen LogP contribution in [0.1, 0.15) is 112 Å². The molecule has 0 heterocycles. The molecule has 0 saturated heterocycles. The number of hydrogen-bond donors (Lipinski definition) is 0. The Morgan fingerprint density at radius 1 is 0.488 bits per heavy atom. The summed E-state index contributed by atoms with van der Waals surface area (Å²) >= 11 is 2.22. The summed E-state index contributed by atoms with van der Waals surface area (Å²) in [6.07, 6.45) is 0. The molecule has 0 aromatic heterocycles. The van der Waals surface area contributed by atoms with Crippen molar-refractivity contribution in [3.63, 3.8) is 0 Å². The summed E-state index contributed by atoms with van der Waals surface area (Å²) in [4.78, 5) is 11.1. The summed E-state index contributed by atoms with van der Waals surface area (Å²) in [5.74, 6) is 1.51. The van der Waals surface area contributed by atoms with Crippen molar-refractivity contribution in [2.24, 2.45) is 9.98 Å². The molecule has 0 aliphatic heterocycles. The molecule has 0 saturated carbocycles. The average molecular weight is 658 g/mol. The first-order valence-electron chi connectivity index (χ1n) is 14.3. The monoisotopic (exact) mass is 656 g/mol. The Hall–Kier alpha value is -2.57. The molecule has 1 aliphatic carbocycles. The summed E-state index contributed by atoms with van der Waals surface area (Å²) in [7, 11) is 4.49. The molecule has 0 spiro atoms. The van der Waals surface area contributed by atoms with E-state index in [4.69, 9.17) is 9.98 Å². The standard InChI is InChI=1S/C36H40N2.CH3.ClH.Pd/c1-21(2)26-15-11-16-27(22(3)4)33(26)37-35-30-19-9-13-25-14-10-20-31(32(25)30)36(35)38-34-28(23(5)6)17-12-18-29(34)24(7)8;;;/h9-24H,1-8H3;1H3;1H;/q;-1;;+2/p-1. The van der Waals surface area contributed by atoms with E-state index in [2.05, 4.69) is 156 Å². The van der Waals surface area contributed by atoms with E-state index < -0.39 is 0 Å². The van der Waals surface area contributed by atoms with Gasteiger partial charge in [0, 0.05) is 16.5 Å². The van der Waals surface area contributed by atoms with Crippen molar-refractivity contribution in [2.45, 2.75) is 79.1 Å². The third kappa shape index (κ3) is 6.44. The van der Waals surface area contributed by atoms with E-state index >= 15 is 0 Å². The van der Waals surface area contributed by atoms with Crippen molar-refractivity contribution in [1.29, 1.82) is 0 Å². The number of hydrogen-bond acceptors (Lipinski definition) is 2. The van der Waals surface area contributed by atoms with Gasteiger partial charge in [-0.25, -0.2) is 9.98 Å². The number of para-hydroxylation sites is 2. The molecule has 2 nitrogen and oxygen atoms in total. The quantitative estimate of drug-likeness (QED) is 0.146. The molecule has 5 rings (SSSR count).